The number of benzene rings is 1. The van der Waals surface area contributed by atoms with E-state index in [2.05, 4.69) is 20.3 Å². The lowest BCUT2D eigenvalue weighted by Gasteiger charge is -2.00. The number of nitrogens with zero attached hydrogens (tertiary/aromatic N) is 2. The Hall–Kier alpha value is -2.70. The summed E-state index contributed by atoms with van der Waals surface area (Å²) in [6.07, 6.45) is 0. The van der Waals surface area contributed by atoms with E-state index in [0.29, 0.717) is 5.56 Å². The minimum atomic E-state index is -1.32. The summed E-state index contributed by atoms with van der Waals surface area (Å²) in [7, 11) is 0. The normalized spacial score (nSPS) is 9.88. The second-order valence-corrected chi connectivity index (χ2v) is 3.09. The van der Waals surface area contributed by atoms with E-state index in [1.165, 1.54) is 0 Å². The highest BCUT2D eigenvalue weighted by Crippen LogP contribution is 2.11. The fourth-order valence-electron chi connectivity index (χ4n) is 1.18. The molecule has 0 radical (unpaired) electrons. The molecule has 1 amide bonds. The smallest absolute Gasteiger partial charge is 0.362 e. The van der Waals surface area contributed by atoms with Crippen LogP contribution in [0.25, 0.3) is 0 Å². The van der Waals surface area contributed by atoms with Gasteiger partial charge in [-0.25, -0.2) is 9.42 Å². The number of rotatable bonds is 3. The minimum absolute atomic E-state index is 0.216. The molecule has 7 nitrogen and oxygen atoms in total. The number of carbonyl (C=O) groups is 2. The summed E-state index contributed by atoms with van der Waals surface area (Å²) in [4.78, 5) is 22.4. The summed E-state index contributed by atoms with van der Waals surface area (Å²) < 4.78 is 4.25. The van der Waals surface area contributed by atoms with Crippen LogP contribution in [-0.2, 0) is 0 Å². The second-order valence-electron chi connectivity index (χ2n) is 3.09. The van der Waals surface area contributed by atoms with Crippen molar-refractivity contribution < 1.29 is 19.3 Å². The summed E-state index contributed by atoms with van der Waals surface area (Å²) >= 11 is 0. The molecule has 0 fully saturated rings. The maximum atomic E-state index is 11.7. The Morgan fingerprint density at radius 3 is 2.53 bits per heavy atom. The van der Waals surface area contributed by atoms with Crippen LogP contribution in [0.1, 0.15) is 20.8 Å². The molecule has 2 N–H and O–H groups in total. The number of amides is 1. The van der Waals surface area contributed by atoms with Crippen molar-refractivity contribution in [2.75, 3.05) is 5.32 Å². The van der Waals surface area contributed by atoms with Crippen molar-refractivity contribution >= 4 is 17.7 Å². The number of anilines is 1. The Bertz CT molecular complexity index is 550. The highest BCUT2D eigenvalue weighted by Gasteiger charge is 2.19. The third kappa shape index (κ3) is 2.28. The molecule has 0 saturated heterocycles. The average molecular weight is 233 g/mol. The first-order valence-electron chi connectivity index (χ1n) is 4.60. The summed E-state index contributed by atoms with van der Waals surface area (Å²) in [6.45, 7) is 0. The monoisotopic (exact) mass is 233 g/mol. The maximum absolute atomic E-state index is 11.7. The molecule has 0 atom stereocenters. The fourth-order valence-corrected chi connectivity index (χ4v) is 1.18. The van der Waals surface area contributed by atoms with Gasteiger partial charge in [-0.3, -0.25) is 4.79 Å². The molecule has 0 bridgehead atoms. The number of carboxylic acids is 1. The molecular weight excluding hydrogens is 226 g/mol. The number of carbonyl (C=O) groups excluding carboxylic acids is 1. The zero-order valence-electron chi connectivity index (χ0n) is 8.45. The standard InChI is InChI=1S/C10H7N3O4/c14-9(6-4-2-1-3-5-6)11-8-7(10(15)16)12-17-13-8/h1-5H,(H,15,16)(H,11,13,14). The molecule has 86 valence electrons. The van der Waals surface area contributed by atoms with E-state index >= 15 is 0 Å². The Morgan fingerprint density at radius 1 is 1.18 bits per heavy atom. The number of aromatic carboxylic acids is 1. The lowest BCUT2D eigenvalue weighted by molar-refractivity contribution is 0.0686. The molecule has 7 heteroatoms. The van der Waals surface area contributed by atoms with Gasteiger partial charge in [-0.05, 0) is 22.4 Å². The number of nitrogens with one attached hydrogen (secondary N) is 1. The van der Waals surface area contributed by atoms with Gasteiger partial charge in [0.25, 0.3) is 5.91 Å². The third-order valence-corrected chi connectivity index (χ3v) is 1.96. The molecule has 0 aliphatic rings. The van der Waals surface area contributed by atoms with Crippen molar-refractivity contribution in [2.45, 2.75) is 0 Å². The van der Waals surface area contributed by atoms with Crippen molar-refractivity contribution in [2.24, 2.45) is 0 Å². The van der Waals surface area contributed by atoms with Gasteiger partial charge >= 0.3 is 5.97 Å². The first kappa shape index (κ1) is 10.8. The molecule has 1 aromatic heterocycles. The van der Waals surface area contributed by atoms with Gasteiger partial charge in [0.1, 0.15) is 0 Å². The molecule has 0 aliphatic carbocycles. The fraction of sp³-hybridized carbons (Fsp3) is 0. The van der Waals surface area contributed by atoms with Gasteiger partial charge in [0, 0.05) is 5.56 Å². The van der Waals surface area contributed by atoms with Crippen molar-refractivity contribution in [1.29, 1.82) is 0 Å². The molecule has 1 aromatic carbocycles. The van der Waals surface area contributed by atoms with E-state index in [4.69, 9.17) is 5.11 Å². The maximum Gasteiger partial charge on any atom is 0.362 e. The van der Waals surface area contributed by atoms with Crippen molar-refractivity contribution in [1.82, 2.24) is 10.3 Å². The Morgan fingerprint density at radius 2 is 1.88 bits per heavy atom. The van der Waals surface area contributed by atoms with Crippen LogP contribution in [0.2, 0.25) is 0 Å². The molecule has 1 heterocycles. The van der Waals surface area contributed by atoms with Gasteiger partial charge in [-0.1, -0.05) is 18.2 Å². The lowest BCUT2D eigenvalue weighted by atomic mass is 10.2. The van der Waals surface area contributed by atoms with E-state index in [1.54, 1.807) is 30.3 Å². The van der Waals surface area contributed by atoms with Crippen LogP contribution in [-0.4, -0.2) is 27.3 Å². The van der Waals surface area contributed by atoms with Crippen LogP contribution in [0, 0.1) is 0 Å². The van der Waals surface area contributed by atoms with E-state index in [1.807, 2.05) is 0 Å². The Balaban J connectivity index is 2.19. The molecule has 2 rings (SSSR count). The summed E-state index contributed by atoms with van der Waals surface area (Å²) in [6, 6.07) is 8.31. The number of carboxylic acid groups (broad SMARTS) is 1. The first-order valence-corrected chi connectivity index (χ1v) is 4.60. The zero-order chi connectivity index (χ0) is 12.3. The highest BCUT2D eigenvalue weighted by atomic mass is 16.6. The molecule has 17 heavy (non-hydrogen) atoms. The first-order chi connectivity index (χ1) is 8.18. The second kappa shape index (κ2) is 4.44. The van der Waals surface area contributed by atoms with Crippen molar-refractivity contribution in [3.05, 3.63) is 41.6 Å². The molecule has 0 spiro atoms. The zero-order valence-corrected chi connectivity index (χ0v) is 8.45. The highest BCUT2D eigenvalue weighted by molar-refractivity contribution is 6.06. The summed E-state index contributed by atoms with van der Waals surface area (Å²) in [5, 5.41) is 17.5. The average Bonchev–Trinajstić information content (AvgIpc) is 2.78. The largest absolute Gasteiger partial charge is 0.476 e. The summed E-state index contributed by atoms with van der Waals surface area (Å²) in [5.41, 5.74) is -0.0545. The predicted molar refractivity (Wildman–Crippen MR) is 55.7 cm³/mol. The van der Waals surface area contributed by atoms with E-state index in [-0.39, 0.29) is 5.82 Å². The topological polar surface area (TPSA) is 105 Å². The van der Waals surface area contributed by atoms with E-state index < -0.39 is 17.6 Å². The Kier molecular flexibility index (Phi) is 2.82. The third-order valence-electron chi connectivity index (χ3n) is 1.96. The van der Waals surface area contributed by atoms with Crippen LogP contribution in [0.15, 0.2) is 35.0 Å². The van der Waals surface area contributed by atoms with Crippen LogP contribution in [0.3, 0.4) is 0 Å². The van der Waals surface area contributed by atoms with Gasteiger partial charge < -0.3 is 10.4 Å². The summed E-state index contributed by atoms with van der Waals surface area (Å²) in [5.74, 6) is -2.02. The van der Waals surface area contributed by atoms with Crippen LogP contribution in [0.4, 0.5) is 5.82 Å². The van der Waals surface area contributed by atoms with Crippen LogP contribution >= 0.6 is 0 Å². The minimum Gasteiger partial charge on any atom is -0.476 e. The van der Waals surface area contributed by atoms with Gasteiger partial charge in [0.2, 0.25) is 11.5 Å². The molecule has 0 unspecified atom stereocenters. The number of hydrogen-bond acceptors (Lipinski definition) is 5. The quantitative estimate of drug-likeness (QED) is 0.819. The van der Waals surface area contributed by atoms with E-state index in [9.17, 15) is 9.59 Å². The SMILES string of the molecule is O=C(Nc1nonc1C(=O)O)c1ccccc1. The molecule has 0 saturated carbocycles. The molecule has 2 aromatic rings. The number of hydrogen-bond donors (Lipinski definition) is 2. The van der Waals surface area contributed by atoms with Gasteiger partial charge in [0.05, 0.1) is 0 Å². The molecular formula is C10H7N3O4. The van der Waals surface area contributed by atoms with Crippen LogP contribution < -0.4 is 5.32 Å². The van der Waals surface area contributed by atoms with E-state index in [0.717, 1.165) is 0 Å². The lowest BCUT2D eigenvalue weighted by Crippen LogP contribution is -2.14. The molecule has 0 aliphatic heterocycles. The predicted octanol–water partition coefficient (Wildman–Crippen LogP) is 1.02. The van der Waals surface area contributed by atoms with Crippen LogP contribution in [0.5, 0.6) is 0 Å². The van der Waals surface area contributed by atoms with Gasteiger partial charge in [0.15, 0.2) is 0 Å². The Labute approximate surface area is 95.0 Å². The van der Waals surface area contributed by atoms with Gasteiger partial charge in [-0.2, -0.15) is 0 Å². The van der Waals surface area contributed by atoms with Crippen molar-refractivity contribution in [3.63, 3.8) is 0 Å². The van der Waals surface area contributed by atoms with Gasteiger partial charge in [-0.15, -0.1) is 0 Å². The van der Waals surface area contributed by atoms with Crippen molar-refractivity contribution in [3.8, 4) is 0 Å². The number of aromatic nitrogens is 2.